The number of anilines is 3. The van der Waals surface area contributed by atoms with E-state index in [9.17, 15) is 9.59 Å². The summed E-state index contributed by atoms with van der Waals surface area (Å²) in [5.74, 6) is 0.370. The molecule has 0 fully saturated rings. The number of hydrogen-bond donors (Lipinski definition) is 4. The fourth-order valence-corrected chi connectivity index (χ4v) is 5.06. The van der Waals surface area contributed by atoms with Crippen molar-refractivity contribution >= 4 is 50.7 Å². The van der Waals surface area contributed by atoms with Gasteiger partial charge in [-0.15, -0.1) is 11.3 Å². The Morgan fingerprint density at radius 3 is 2.32 bits per heavy atom. The largest absolute Gasteiger partial charge is 0.383 e. The molecule has 4 aromatic rings. The van der Waals surface area contributed by atoms with Crippen LogP contribution < -0.4 is 21.7 Å². The van der Waals surface area contributed by atoms with Gasteiger partial charge in [0.1, 0.15) is 17.0 Å². The van der Waals surface area contributed by atoms with Crippen molar-refractivity contribution in [2.24, 2.45) is 0 Å². The highest BCUT2D eigenvalue weighted by Gasteiger charge is 2.18. The molecule has 5 N–H and O–H groups in total. The van der Waals surface area contributed by atoms with E-state index < -0.39 is 0 Å². The summed E-state index contributed by atoms with van der Waals surface area (Å²) in [6.07, 6.45) is 2.37. The maximum absolute atomic E-state index is 12.5. The topological polar surface area (TPSA) is 122 Å². The Bertz CT molecular complexity index is 1340. The Morgan fingerprint density at radius 2 is 1.65 bits per heavy atom. The minimum atomic E-state index is -0.317. The summed E-state index contributed by atoms with van der Waals surface area (Å²) in [6.45, 7) is 3.98. The second-order valence-corrected chi connectivity index (χ2v) is 9.13. The molecule has 0 atom stereocenters. The van der Waals surface area contributed by atoms with Gasteiger partial charge >= 0.3 is 6.03 Å². The predicted octanol–water partition coefficient (Wildman–Crippen LogP) is 4.88. The third-order valence-corrected chi connectivity index (χ3v) is 6.52. The van der Waals surface area contributed by atoms with Crippen molar-refractivity contribution in [2.45, 2.75) is 26.7 Å². The molecular formula is C25H26N6O2S. The number of fused-ring (bicyclic) bond motifs is 1. The van der Waals surface area contributed by atoms with E-state index in [0.29, 0.717) is 24.3 Å². The molecule has 34 heavy (non-hydrogen) atoms. The van der Waals surface area contributed by atoms with Crippen LogP contribution in [0.1, 0.15) is 22.4 Å². The molecule has 0 aliphatic carbocycles. The van der Waals surface area contributed by atoms with Crippen molar-refractivity contribution in [2.75, 3.05) is 23.4 Å². The van der Waals surface area contributed by atoms with Gasteiger partial charge in [-0.25, -0.2) is 14.8 Å². The number of nitrogen functional groups attached to an aromatic ring is 1. The van der Waals surface area contributed by atoms with Crippen molar-refractivity contribution in [1.82, 2.24) is 15.3 Å². The third-order valence-electron chi connectivity index (χ3n) is 5.36. The molecule has 0 spiro atoms. The number of nitrogens with zero attached hydrogens (tertiary/aromatic N) is 2. The molecule has 0 radical (unpaired) electrons. The van der Waals surface area contributed by atoms with Gasteiger partial charge in [0.2, 0.25) is 5.91 Å². The SMILES string of the molecule is CNC(=O)CCc1sc2ncnc(N)c2c1-c1ccc(NC(=O)Nc2cc(C)cc(C)c2)cc1. The summed E-state index contributed by atoms with van der Waals surface area (Å²) < 4.78 is 0. The number of aromatic nitrogens is 2. The summed E-state index contributed by atoms with van der Waals surface area (Å²) in [7, 11) is 1.62. The highest BCUT2D eigenvalue weighted by atomic mass is 32.1. The Kier molecular flexibility index (Phi) is 6.74. The molecule has 2 heterocycles. The maximum Gasteiger partial charge on any atom is 0.323 e. The lowest BCUT2D eigenvalue weighted by molar-refractivity contribution is -0.120. The van der Waals surface area contributed by atoms with E-state index in [4.69, 9.17) is 5.73 Å². The highest BCUT2D eigenvalue weighted by molar-refractivity contribution is 7.19. The molecule has 2 aromatic carbocycles. The number of urea groups is 1. The van der Waals surface area contributed by atoms with Gasteiger partial charge in [0.05, 0.1) is 5.39 Å². The standard InChI is InChI=1S/C25H26N6O2S/c1-14-10-15(2)12-18(11-14)31-25(33)30-17-6-4-16(5-7-17)21-19(8-9-20(32)27-3)34-24-22(21)23(26)28-13-29-24/h4-7,10-13H,8-9H2,1-3H3,(H,27,32)(H2,26,28,29)(H2,30,31,33). The molecule has 3 amide bonds. The minimum Gasteiger partial charge on any atom is -0.383 e. The smallest absolute Gasteiger partial charge is 0.323 e. The maximum atomic E-state index is 12.5. The Morgan fingerprint density at radius 1 is 0.971 bits per heavy atom. The molecule has 2 aromatic heterocycles. The van der Waals surface area contributed by atoms with E-state index in [-0.39, 0.29) is 11.9 Å². The number of carbonyl (C=O) groups excluding carboxylic acids is 2. The zero-order valence-corrected chi connectivity index (χ0v) is 20.0. The summed E-state index contributed by atoms with van der Waals surface area (Å²) in [5.41, 5.74) is 11.6. The van der Waals surface area contributed by atoms with Gasteiger partial charge in [-0.3, -0.25) is 4.79 Å². The Hall–Kier alpha value is -3.98. The van der Waals surface area contributed by atoms with Gasteiger partial charge in [0.15, 0.2) is 0 Å². The number of benzene rings is 2. The third kappa shape index (κ3) is 5.15. The lowest BCUT2D eigenvalue weighted by Crippen LogP contribution is -2.19. The lowest BCUT2D eigenvalue weighted by Gasteiger charge is -2.11. The van der Waals surface area contributed by atoms with Crippen LogP contribution in [0.4, 0.5) is 22.0 Å². The molecule has 4 rings (SSSR count). The molecule has 174 valence electrons. The van der Waals surface area contributed by atoms with Crippen LogP contribution >= 0.6 is 11.3 Å². The number of carbonyl (C=O) groups is 2. The van der Waals surface area contributed by atoms with Gasteiger partial charge in [0.25, 0.3) is 0 Å². The number of thiophene rings is 1. The quantitative estimate of drug-likeness (QED) is 0.317. The molecule has 0 saturated heterocycles. The first-order chi connectivity index (χ1) is 16.3. The molecule has 0 saturated carbocycles. The molecule has 0 bridgehead atoms. The minimum absolute atomic E-state index is 0.0307. The van der Waals surface area contributed by atoms with Crippen molar-refractivity contribution in [3.63, 3.8) is 0 Å². The second-order valence-electron chi connectivity index (χ2n) is 8.05. The number of amides is 3. The fraction of sp³-hybridized carbons (Fsp3) is 0.200. The normalized spacial score (nSPS) is 10.8. The Balaban J connectivity index is 1.57. The van der Waals surface area contributed by atoms with Crippen LogP contribution in [0.15, 0.2) is 48.8 Å². The number of aryl methyl sites for hydroxylation is 3. The summed E-state index contributed by atoms with van der Waals surface area (Å²) >= 11 is 1.51. The Labute approximate surface area is 201 Å². The van der Waals surface area contributed by atoms with Gasteiger partial charge < -0.3 is 21.7 Å². The summed E-state index contributed by atoms with van der Waals surface area (Å²) in [6, 6.07) is 13.1. The summed E-state index contributed by atoms with van der Waals surface area (Å²) in [5, 5.41) is 9.17. The number of nitrogens with one attached hydrogen (secondary N) is 3. The molecule has 0 aliphatic heterocycles. The first-order valence-electron chi connectivity index (χ1n) is 10.8. The van der Waals surface area contributed by atoms with Crippen LogP contribution in [-0.2, 0) is 11.2 Å². The van der Waals surface area contributed by atoms with Gasteiger partial charge in [0, 0.05) is 35.3 Å². The van der Waals surface area contributed by atoms with Crippen molar-refractivity contribution < 1.29 is 9.59 Å². The van der Waals surface area contributed by atoms with Gasteiger partial charge in [-0.05, 0) is 61.2 Å². The average Bonchev–Trinajstić information content (AvgIpc) is 3.17. The monoisotopic (exact) mass is 474 g/mol. The van der Waals surface area contributed by atoms with Crippen LogP contribution in [0.3, 0.4) is 0 Å². The van der Waals surface area contributed by atoms with Crippen molar-refractivity contribution in [3.05, 3.63) is 64.8 Å². The summed E-state index contributed by atoms with van der Waals surface area (Å²) in [4.78, 5) is 34.6. The number of rotatable bonds is 6. The van der Waals surface area contributed by atoms with E-state index in [2.05, 4.69) is 32.0 Å². The number of nitrogens with two attached hydrogens (primary N) is 1. The van der Waals surface area contributed by atoms with E-state index >= 15 is 0 Å². The zero-order chi connectivity index (χ0) is 24.2. The van der Waals surface area contributed by atoms with Crippen LogP contribution in [0.2, 0.25) is 0 Å². The molecular weight excluding hydrogens is 448 g/mol. The van der Waals surface area contributed by atoms with Crippen molar-refractivity contribution in [1.29, 1.82) is 0 Å². The first-order valence-corrected chi connectivity index (χ1v) is 11.6. The van der Waals surface area contributed by atoms with E-state index in [1.54, 1.807) is 7.05 Å². The lowest BCUT2D eigenvalue weighted by atomic mass is 10.0. The molecule has 8 nitrogen and oxygen atoms in total. The van der Waals surface area contributed by atoms with Crippen LogP contribution in [0, 0.1) is 13.8 Å². The first kappa shape index (κ1) is 23.2. The zero-order valence-electron chi connectivity index (χ0n) is 19.2. The molecule has 0 aliphatic rings. The second kappa shape index (κ2) is 9.88. The van der Waals surface area contributed by atoms with Crippen LogP contribution in [0.25, 0.3) is 21.3 Å². The fourth-order valence-electron chi connectivity index (χ4n) is 3.90. The average molecular weight is 475 g/mol. The molecule has 0 unspecified atom stereocenters. The van der Waals surface area contributed by atoms with Gasteiger partial charge in [-0.1, -0.05) is 18.2 Å². The van der Waals surface area contributed by atoms with Crippen molar-refractivity contribution in [3.8, 4) is 11.1 Å². The van der Waals surface area contributed by atoms with Gasteiger partial charge in [-0.2, -0.15) is 0 Å². The molecule has 9 heteroatoms. The predicted molar refractivity (Wildman–Crippen MR) is 138 cm³/mol. The number of hydrogen-bond acceptors (Lipinski definition) is 6. The van der Waals surface area contributed by atoms with Crippen LogP contribution in [-0.4, -0.2) is 29.0 Å². The van der Waals surface area contributed by atoms with E-state index in [1.807, 2.05) is 50.2 Å². The van der Waals surface area contributed by atoms with E-state index in [1.165, 1.54) is 17.7 Å². The highest BCUT2D eigenvalue weighted by Crippen LogP contribution is 2.40. The van der Waals surface area contributed by atoms with Crippen LogP contribution in [0.5, 0.6) is 0 Å². The van der Waals surface area contributed by atoms with E-state index in [0.717, 1.165) is 43.0 Å².